The van der Waals surface area contributed by atoms with Crippen LogP contribution in [0.2, 0.25) is 0 Å². The van der Waals surface area contributed by atoms with Crippen molar-refractivity contribution in [3.05, 3.63) is 88.6 Å². The molecule has 0 bridgehead atoms. The van der Waals surface area contributed by atoms with E-state index in [1.807, 2.05) is 36.6 Å². The third kappa shape index (κ3) is 5.59. The number of aromatic nitrogens is 1. The predicted octanol–water partition coefficient (Wildman–Crippen LogP) is 4.92. The molecule has 0 spiro atoms. The molecule has 0 unspecified atom stereocenters. The molecule has 2 aromatic carbocycles. The number of ether oxygens (including phenoxy) is 1. The van der Waals surface area contributed by atoms with Crippen molar-refractivity contribution in [3.63, 3.8) is 0 Å². The van der Waals surface area contributed by atoms with Gasteiger partial charge in [-0.15, -0.1) is 11.3 Å². The third-order valence-corrected chi connectivity index (χ3v) is 8.57. The van der Waals surface area contributed by atoms with Gasteiger partial charge in [0.1, 0.15) is 11.5 Å². The van der Waals surface area contributed by atoms with E-state index in [2.05, 4.69) is 4.98 Å². The van der Waals surface area contributed by atoms with Crippen LogP contribution >= 0.6 is 11.3 Å². The highest BCUT2D eigenvalue weighted by Crippen LogP contribution is 2.32. The summed E-state index contributed by atoms with van der Waals surface area (Å²) in [7, 11) is -4.13. The second-order valence-corrected chi connectivity index (χ2v) is 11.4. The molecule has 0 atom stereocenters. The Kier molecular flexibility index (Phi) is 7.50. The van der Waals surface area contributed by atoms with Gasteiger partial charge in [0.05, 0.1) is 29.4 Å². The lowest BCUT2D eigenvalue weighted by molar-refractivity contribution is -0.168. The minimum Gasteiger partial charge on any atom is -0.493 e. The number of benzene rings is 2. The summed E-state index contributed by atoms with van der Waals surface area (Å²) in [6, 6.07) is 18.3. The smallest absolute Gasteiger partial charge is 0.335 e. The lowest BCUT2D eigenvalue weighted by atomic mass is 10.2. The van der Waals surface area contributed by atoms with E-state index < -0.39 is 16.2 Å². The minimum absolute atomic E-state index is 0.162. The van der Waals surface area contributed by atoms with Crippen LogP contribution in [0, 0.1) is 6.92 Å². The van der Waals surface area contributed by atoms with Crippen molar-refractivity contribution in [2.75, 3.05) is 17.5 Å². The summed E-state index contributed by atoms with van der Waals surface area (Å²) in [6.45, 7) is 3.53. The summed E-state index contributed by atoms with van der Waals surface area (Å²) in [6.07, 6.45) is 1.14. The van der Waals surface area contributed by atoms with Gasteiger partial charge in [-0.1, -0.05) is 36.4 Å². The van der Waals surface area contributed by atoms with E-state index in [4.69, 9.17) is 14.0 Å². The zero-order chi connectivity index (χ0) is 26.7. The van der Waals surface area contributed by atoms with Crippen molar-refractivity contribution < 1.29 is 27.2 Å². The summed E-state index contributed by atoms with van der Waals surface area (Å²) < 4.78 is 40.7. The quantitative estimate of drug-likeness (QED) is 0.257. The van der Waals surface area contributed by atoms with E-state index in [9.17, 15) is 13.2 Å². The molecule has 0 amide bonds. The molecule has 0 N–H and O–H groups in total. The van der Waals surface area contributed by atoms with E-state index in [1.165, 1.54) is 11.2 Å². The van der Waals surface area contributed by atoms with Crippen LogP contribution in [-0.2, 0) is 39.2 Å². The first-order chi connectivity index (χ1) is 18.3. The van der Waals surface area contributed by atoms with Gasteiger partial charge in [0, 0.05) is 19.9 Å². The van der Waals surface area contributed by atoms with Crippen LogP contribution < -0.4 is 9.04 Å². The van der Waals surface area contributed by atoms with Crippen LogP contribution in [0.25, 0.3) is 10.8 Å². The van der Waals surface area contributed by atoms with E-state index in [-0.39, 0.29) is 13.1 Å². The predicted molar refractivity (Wildman–Crippen MR) is 144 cm³/mol. The maximum Gasteiger partial charge on any atom is 0.335 e. The highest BCUT2D eigenvalue weighted by molar-refractivity contribution is 7.90. The fourth-order valence-electron chi connectivity index (χ4n) is 4.28. The summed E-state index contributed by atoms with van der Waals surface area (Å²) in [5, 5.41) is 1.97. The molecule has 38 heavy (non-hydrogen) atoms. The molecule has 1 aliphatic heterocycles. The number of carbonyl (C=O) groups is 1. The zero-order valence-electron chi connectivity index (χ0n) is 21.0. The average molecular weight is 554 g/mol. The number of fused-ring (bicyclic) bond motifs is 1. The average Bonchev–Trinajstić information content (AvgIpc) is 3.64. The number of thiophene rings is 1. The number of rotatable bonds is 10. The van der Waals surface area contributed by atoms with Gasteiger partial charge >= 0.3 is 16.2 Å². The highest BCUT2D eigenvalue weighted by Gasteiger charge is 2.36. The molecule has 0 aliphatic carbocycles. The molecule has 5 rings (SSSR count). The van der Waals surface area contributed by atoms with E-state index in [0.717, 1.165) is 26.4 Å². The van der Waals surface area contributed by atoms with Gasteiger partial charge in [-0.05, 0) is 58.6 Å². The van der Waals surface area contributed by atoms with Crippen LogP contribution in [-0.4, -0.2) is 37.0 Å². The molecule has 0 radical (unpaired) electrons. The van der Waals surface area contributed by atoms with Gasteiger partial charge in [-0.2, -0.15) is 8.42 Å². The maximum absolute atomic E-state index is 13.5. The number of hydrogen-bond acceptors (Lipinski definition) is 8. The number of nitrogens with zero attached hydrogens (tertiary/aromatic N) is 3. The highest BCUT2D eigenvalue weighted by atomic mass is 32.2. The molecule has 0 saturated carbocycles. The molecular formula is C27H27N3O6S2. The molecule has 0 fully saturated rings. The van der Waals surface area contributed by atoms with Crippen molar-refractivity contribution in [1.29, 1.82) is 0 Å². The van der Waals surface area contributed by atoms with Gasteiger partial charge in [0.25, 0.3) is 0 Å². The summed E-state index contributed by atoms with van der Waals surface area (Å²) in [5.74, 6) is 1.19. The van der Waals surface area contributed by atoms with E-state index in [0.29, 0.717) is 42.3 Å². The van der Waals surface area contributed by atoms with Crippen LogP contribution in [0.4, 0.5) is 5.69 Å². The SMILES string of the molecule is CC(=O)ON(Cc1cccc(OCCc2nc(-c3cccs3)oc2C)c1)S(=O)(=O)N1CCc2ccccc21. The minimum atomic E-state index is -4.13. The lowest BCUT2D eigenvalue weighted by Crippen LogP contribution is -2.43. The maximum atomic E-state index is 13.5. The van der Waals surface area contributed by atoms with Gasteiger partial charge in [0.2, 0.25) is 5.89 Å². The lowest BCUT2D eigenvalue weighted by Gasteiger charge is -2.27. The Morgan fingerprint density at radius 3 is 2.79 bits per heavy atom. The van der Waals surface area contributed by atoms with Crippen LogP contribution in [0.3, 0.4) is 0 Å². The molecule has 11 heteroatoms. The monoisotopic (exact) mass is 553 g/mol. The topological polar surface area (TPSA) is 102 Å². The standard InChI is InChI=1S/C27H27N3O6S2/c1-19-24(28-27(35-19)26-11-6-16-37-26)13-15-34-23-9-5-7-21(17-23)18-30(36-20(2)31)38(32,33)29-14-12-22-8-3-4-10-25(22)29/h3-11,16-17H,12-15,18H2,1-2H3. The van der Waals surface area contributed by atoms with E-state index in [1.54, 1.807) is 47.7 Å². The first kappa shape index (κ1) is 26.0. The number of oxazole rings is 1. The van der Waals surface area contributed by atoms with Crippen molar-refractivity contribution in [1.82, 2.24) is 9.45 Å². The number of hydrogen-bond donors (Lipinski definition) is 0. The van der Waals surface area contributed by atoms with Crippen molar-refractivity contribution in [3.8, 4) is 16.5 Å². The summed E-state index contributed by atoms with van der Waals surface area (Å²) in [4.78, 5) is 22.5. The molecular weight excluding hydrogens is 526 g/mol. The van der Waals surface area contributed by atoms with Gasteiger partial charge in [0.15, 0.2) is 0 Å². The Labute approximate surface area is 225 Å². The molecule has 4 aromatic rings. The number of carbonyl (C=O) groups excluding carboxylic acids is 1. The number of aryl methyl sites for hydroxylation is 1. The second-order valence-electron chi connectivity index (χ2n) is 8.75. The first-order valence-corrected chi connectivity index (χ1v) is 14.4. The number of anilines is 1. The third-order valence-electron chi connectivity index (χ3n) is 6.05. The van der Waals surface area contributed by atoms with Gasteiger partial charge < -0.3 is 14.0 Å². The molecule has 1 aliphatic rings. The summed E-state index contributed by atoms with van der Waals surface area (Å²) in [5.41, 5.74) is 2.95. The van der Waals surface area contributed by atoms with Crippen LogP contribution in [0.15, 0.2) is 70.5 Å². The largest absolute Gasteiger partial charge is 0.493 e. The van der Waals surface area contributed by atoms with Crippen molar-refractivity contribution >= 4 is 33.2 Å². The number of para-hydroxylation sites is 1. The number of hydroxylamine groups is 1. The Bertz CT molecular complexity index is 1530. The Hall–Kier alpha value is -3.67. The normalized spacial score (nSPS) is 13.1. The van der Waals surface area contributed by atoms with Crippen molar-refractivity contribution in [2.45, 2.75) is 33.2 Å². The fraction of sp³-hybridized carbons (Fsp3) is 0.259. The fourth-order valence-corrected chi connectivity index (χ4v) is 6.40. The van der Waals surface area contributed by atoms with Crippen LogP contribution in [0.5, 0.6) is 5.75 Å². The second kappa shape index (κ2) is 11.0. The Morgan fingerprint density at radius 2 is 2.00 bits per heavy atom. The summed E-state index contributed by atoms with van der Waals surface area (Å²) >= 11 is 1.57. The molecule has 3 heterocycles. The molecule has 198 valence electrons. The first-order valence-electron chi connectivity index (χ1n) is 12.1. The zero-order valence-corrected chi connectivity index (χ0v) is 22.6. The van der Waals surface area contributed by atoms with Gasteiger partial charge in [-0.3, -0.25) is 9.10 Å². The Morgan fingerprint density at radius 1 is 1.16 bits per heavy atom. The van der Waals surface area contributed by atoms with Gasteiger partial charge in [-0.25, -0.2) is 4.98 Å². The molecule has 0 saturated heterocycles. The molecule has 2 aromatic heterocycles. The van der Waals surface area contributed by atoms with Crippen molar-refractivity contribution in [2.24, 2.45) is 0 Å². The molecule has 9 nitrogen and oxygen atoms in total. The van der Waals surface area contributed by atoms with Crippen LogP contribution in [0.1, 0.15) is 29.5 Å². The Balaban J connectivity index is 1.27. The van der Waals surface area contributed by atoms with E-state index >= 15 is 0 Å².